The van der Waals surface area contributed by atoms with Crippen molar-refractivity contribution in [2.45, 2.75) is 32.7 Å². The van der Waals surface area contributed by atoms with E-state index < -0.39 is 24.3 Å². The molecule has 2 amide bonds. The number of aliphatic hydroxyl groups excluding tert-OH is 1. The summed E-state index contributed by atoms with van der Waals surface area (Å²) in [6.45, 7) is 3.94. The highest BCUT2D eigenvalue weighted by atomic mass is 127. The second-order valence-electron chi connectivity index (χ2n) is 9.64. The zero-order valence-electron chi connectivity index (χ0n) is 24.5. The van der Waals surface area contributed by atoms with Crippen LogP contribution < -0.4 is 30.3 Å². The molecule has 3 aromatic carbocycles. The van der Waals surface area contributed by atoms with E-state index in [0.29, 0.717) is 52.3 Å². The minimum Gasteiger partial charge on any atom is -0.490 e. The summed E-state index contributed by atoms with van der Waals surface area (Å²) in [6.07, 6.45) is 0.385. The molecule has 4 rings (SSSR count). The first kappa shape index (κ1) is 34.3. The van der Waals surface area contributed by atoms with Crippen molar-refractivity contribution in [2.75, 3.05) is 20.3 Å². The van der Waals surface area contributed by atoms with Gasteiger partial charge >= 0.3 is 12.0 Å². The lowest BCUT2D eigenvalue weighted by molar-refractivity contribution is -0.136. The van der Waals surface area contributed by atoms with E-state index in [1.807, 2.05) is 31.2 Å². The predicted molar refractivity (Wildman–Crippen MR) is 182 cm³/mol. The summed E-state index contributed by atoms with van der Waals surface area (Å²) in [5.41, 5.74) is 5.55. The maximum Gasteiger partial charge on any atom is 0.337 e. The molecule has 11 nitrogen and oxygen atoms in total. The third-order valence-corrected chi connectivity index (χ3v) is 7.94. The van der Waals surface area contributed by atoms with E-state index in [1.54, 1.807) is 43.5 Å². The average Bonchev–Trinajstić information content (AvgIpc) is 3.00. The van der Waals surface area contributed by atoms with Crippen LogP contribution in [0.15, 0.2) is 75.4 Å². The Kier molecular flexibility index (Phi) is 12.3. The molecule has 0 radical (unpaired) electrons. The number of nitrogens with one attached hydrogen (secondary N) is 3. The largest absolute Gasteiger partial charge is 0.490 e. The summed E-state index contributed by atoms with van der Waals surface area (Å²) >= 11 is 11.7. The molecular weight excluding hydrogens is 783 g/mol. The molecular formula is C31H31BrClIN4O7. The second kappa shape index (κ2) is 16.2. The number of hydrogen-bond acceptors (Lipinski definition) is 9. The summed E-state index contributed by atoms with van der Waals surface area (Å²) in [5.74, 6) is 0.782. The van der Waals surface area contributed by atoms with Gasteiger partial charge in [0, 0.05) is 20.8 Å². The third-order valence-electron chi connectivity index (χ3n) is 6.43. The molecule has 238 valence electrons. The van der Waals surface area contributed by atoms with Crippen molar-refractivity contribution < 1.29 is 33.6 Å². The molecule has 0 fully saturated rings. The van der Waals surface area contributed by atoms with Gasteiger partial charge in [-0.25, -0.2) is 9.59 Å². The van der Waals surface area contributed by atoms with Crippen LogP contribution >= 0.6 is 50.1 Å². The Morgan fingerprint density at radius 1 is 1.16 bits per heavy atom. The molecule has 0 saturated carbocycles. The van der Waals surface area contributed by atoms with Gasteiger partial charge in [0.25, 0.3) is 0 Å². The number of halogens is 3. The highest BCUT2D eigenvalue weighted by Crippen LogP contribution is 2.35. The molecule has 14 heteroatoms. The van der Waals surface area contributed by atoms with Crippen LogP contribution in [0.4, 0.5) is 4.79 Å². The fourth-order valence-electron chi connectivity index (χ4n) is 4.38. The van der Waals surface area contributed by atoms with Crippen LogP contribution in [0.3, 0.4) is 0 Å². The number of hydrogen-bond donors (Lipinski definition) is 4. The van der Waals surface area contributed by atoms with E-state index in [1.165, 1.54) is 7.11 Å². The molecule has 3 aromatic rings. The number of carbonyl (C=O) groups is 2. The van der Waals surface area contributed by atoms with Crippen LogP contribution in [0.1, 0.15) is 36.6 Å². The molecule has 1 aliphatic rings. The van der Waals surface area contributed by atoms with Crippen LogP contribution in [0, 0.1) is 3.57 Å². The maximum absolute atomic E-state index is 12.5. The van der Waals surface area contributed by atoms with Crippen LogP contribution in [0.5, 0.6) is 17.2 Å². The Morgan fingerprint density at radius 3 is 2.62 bits per heavy atom. The summed E-state index contributed by atoms with van der Waals surface area (Å²) in [6, 6.07) is 15.0. The van der Waals surface area contributed by atoms with Crippen molar-refractivity contribution in [1.29, 1.82) is 0 Å². The minimum atomic E-state index is -1.17. The first-order valence-corrected chi connectivity index (χ1v) is 15.9. The normalized spacial score (nSPS) is 15.3. The van der Waals surface area contributed by atoms with Gasteiger partial charge < -0.3 is 34.7 Å². The molecule has 0 aromatic heterocycles. The average molecular weight is 814 g/mol. The van der Waals surface area contributed by atoms with Gasteiger partial charge in [-0.1, -0.05) is 45.7 Å². The lowest BCUT2D eigenvalue weighted by Gasteiger charge is -2.28. The highest BCUT2D eigenvalue weighted by molar-refractivity contribution is 14.1. The Bertz CT molecular complexity index is 1600. The van der Waals surface area contributed by atoms with Crippen molar-refractivity contribution in [2.24, 2.45) is 5.10 Å². The van der Waals surface area contributed by atoms with E-state index in [4.69, 9.17) is 30.5 Å². The predicted octanol–water partition coefficient (Wildman–Crippen LogP) is 5.81. The topological polar surface area (TPSA) is 140 Å². The molecule has 1 aliphatic heterocycles. The monoisotopic (exact) mass is 812 g/mol. The number of ether oxygens (including phenoxy) is 4. The van der Waals surface area contributed by atoms with Gasteiger partial charge in [0.05, 0.1) is 35.1 Å². The van der Waals surface area contributed by atoms with E-state index >= 15 is 0 Å². The number of nitrogens with zero attached hydrogens (tertiary/aromatic N) is 1. The summed E-state index contributed by atoms with van der Waals surface area (Å²) < 4.78 is 24.3. The maximum atomic E-state index is 12.5. The van der Waals surface area contributed by atoms with E-state index in [0.717, 1.165) is 13.6 Å². The Balaban J connectivity index is 1.42. The Hall–Kier alpha value is -3.53. The molecule has 45 heavy (non-hydrogen) atoms. The van der Waals surface area contributed by atoms with Gasteiger partial charge in [0.15, 0.2) is 17.7 Å². The molecule has 0 bridgehead atoms. The minimum absolute atomic E-state index is 0.163. The number of benzene rings is 3. The van der Waals surface area contributed by atoms with Gasteiger partial charge in [-0.3, -0.25) is 5.43 Å². The lowest BCUT2D eigenvalue weighted by Crippen LogP contribution is -2.45. The summed E-state index contributed by atoms with van der Waals surface area (Å²) in [5, 5.41) is 20.7. The number of esters is 1. The van der Waals surface area contributed by atoms with Crippen molar-refractivity contribution in [3.05, 3.63) is 95.6 Å². The quantitative estimate of drug-likeness (QED) is 0.0559. The number of urea groups is 1. The van der Waals surface area contributed by atoms with Crippen LogP contribution in [-0.4, -0.2) is 49.9 Å². The number of rotatable bonds is 13. The fourth-order valence-corrected chi connectivity index (χ4v) is 6.21. The van der Waals surface area contributed by atoms with Crippen LogP contribution in [0.25, 0.3) is 0 Å². The summed E-state index contributed by atoms with van der Waals surface area (Å²) in [4.78, 5) is 24.6. The molecule has 0 saturated heterocycles. The van der Waals surface area contributed by atoms with Gasteiger partial charge in [0.2, 0.25) is 0 Å². The van der Waals surface area contributed by atoms with E-state index in [2.05, 4.69) is 59.7 Å². The van der Waals surface area contributed by atoms with Crippen molar-refractivity contribution in [1.82, 2.24) is 16.1 Å². The fraction of sp³-hybridized carbons (Fsp3) is 0.258. The zero-order chi connectivity index (χ0) is 32.5. The lowest BCUT2D eigenvalue weighted by atomic mass is 9.95. The molecule has 1 heterocycles. The number of hydrazone groups is 1. The van der Waals surface area contributed by atoms with Crippen LogP contribution in [0.2, 0.25) is 5.02 Å². The first-order chi connectivity index (χ1) is 21.6. The van der Waals surface area contributed by atoms with Crippen molar-refractivity contribution in [3.8, 4) is 17.2 Å². The second-order valence-corrected chi connectivity index (χ2v) is 12.2. The number of aliphatic hydroxyl groups is 1. The van der Waals surface area contributed by atoms with Crippen molar-refractivity contribution in [3.63, 3.8) is 0 Å². The number of amides is 2. The van der Waals surface area contributed by atoms with Crippen LogP contribution in [-0.2, 0) is 16.1 Å². The van der Waals surface area contributed by atoms with Gasteiger partial charge in [-0.15, -0.1) is 0 Å². The molecule has 0 spiro atoms. The highest BCUT2D eigenvalue weighted by Gasteiger charge is 2.32. The van der Waals surface area contributed by atoms with Gasteiger partial charge in [0.1, 0.15) is 19.0 Å². The van der Waals surface area contributed by atoms with E-state index in [9.17, 15) is 14.7 Å². The van der Waals surface area contributed by atoms with Crippen molar-refractivity contribution >= 4 is 68.3 Å². The number of carbonyl (C=O) groups excluding carboxylic acids is 2. The first-order valence-electron chi connectivity index (χ1n) is 13.7. The Morgan fingerprint density at radius 2 is 1.91 bits per heavy atom. The zero-order valence-corrected chi connectivity index (χ0v) is 29.0. The number of allylic oxidation sites excluding steroid dienone is 1. The number of methoxy groups -OCH3 is 1. The molecule has 0 unspecified atom stereocenters. The van der Waals surface area contributed by atoms with E-state index in [-0.39, 0.29) is 12.2 Å². The molecule has 4 N–H and O–H groups in total. The summed E-state index contributed by atoms with van der Waals surface area (Å²) in [7, 11) is 1.28. The molecule has 0 aliphatic carbocycles. The van der Waals surface area contributed by atoms with Gasteiger partial charge in [-0.05, 0) is 84.0 Å². The van der Waals surface area contributed by atoms with Gasteiger partial charge in [-0.2, -0.15) is 5.10 Å². The Labute approximate surface area is 287 Å². The smallest absolute Gasteiger partial charge is 0.337 e. The third kappa shape index (κ3) is 9.25. The SMILES string of the molecule is CCOc1cc([C@H]2NC(=O)NC(C)=C2C(=O)OC)ccc1OC[C@@H](O)N/N=C/c1cc(Br)cc(I)c1OCc1ccc(Cl)cc1. The standard InChI is InChI=1S/C31H31BrClIN4O7/c1-4-43-25-12-19(28-27(30(40)42-3)17(2)36-31(41)37-28)7-10-24(25)44-16-26(39)38-35-14-20-11-21(32)13-23(34)29(20)45-15-18-5-8-22(33)9-6-18/h5-14,26,28,38-39H,4,15-16H2,1-3H3,(H2,36,37,41)/b35-14+/t26-,28-/m1/s1. The molecule has 2 atom stereocenters.